The summed E-state index contributed by atoms with van der Waals surface area (Å²) in [5.41, 5.74) is 0.930. The Bertz CT molecular complexity index is 581. The molecule has 0 aliphatic carbocycles. The number of hydrogen-bond acceptors (Lipinski definition) is 4. The standard InChI is InChI=1S/C12H13F3O4S/c1-8-3-5-9(6-4-8)11(16)19-7-10(13)12(14,15)20(2,17)18/h3-6,10H,7H2,1-2H3. The largest absolute Gasteiger partial charge is 0.459 e. The van der Waals surface area contributed by atoms with Gasteiger partial charge in [0.25, 0.3) is 0 Å². The van der Waals surface area contributed by atoms with E-state index in [9.17, 15) is 26.4 Å². The van der Waals surface area contributed by atoms with Crippen LogP contribution in [0.1, 0.15) is 15.9 Å². The van der Waals surface area contributed by atoms with E-state index in [1.807, 2.05) is 0 Å². The second-order valence-corrected chi connectivity index (χ2v) is 6.35. The Morgan fingerprint density at radius 1 is 1.30 bits per heavy atom. The van der Waals surface area contributed by atoms with E-state index in [-0.39, 0.29) is 11.8 Å². The highest BCUT2D eigenvalue weighted by molar-refractivity contribution is 7.91. The van der Waals surface area contributed by atoms with Crippen LogP contribution in [0, 0.1) is 6.92 Å². The lowest BCUT2D eigenvalue weighted by Gasteiger charge is -2.18. The molecule has 0 aromatic heterocycles. The number of hydrogen-bond donors (Lipinski definition) is 0. The molecule has 0 fully saturated rings. The minimum absolute atomic E-state index is 0.0606. The second kappa shape index (κ2) is 5.82. The van der Waals surface area contributed by atoms with Crippen LogP contribution in [0.15, 0.2) is 24.3 Å². The second-order valence-electron chi connectivity index (χ2n) is 4.27. The summed E-state index contributed by atoms with van der Waals surface area (Å²) >= 11 is 0. The van der Waals surface area contributed by atoms with Crippen molar-refractivity contribution in [3.05, 3.63) is 35.4 Å². The number of alkyl halides is 3. The van der Waals surface area contributed by atoms with Crippen molar-refractivity contribution in [3.8, 4) is 0 Å². The van der Waals surface area contributed by atoms with Crippen molar-refractivity contribution in [2.24, 2.45) is 0 Å². The first-order valence-corrected chi connectivity index (χ1v) is 7.40. The number of carbonyl (C=O) groups excluding carboxylic acids is 1. The summed E-state index contributed by atoms with van der Waals surface area (Å²) in [5.74, 6) is -1.00. The van der Waals surface area contributed by atoms with Gasteiger partial charge < -0.3 is 4.74 Å². The third-order valence-electron chi connectivity index (χ3n) is 2.51. The van der Waals surface area contributed by atoms with Crippen molar-refractivity contribution in [2.75, 3.05) is 12.9 Å². The fourth-order valence-electron chi connectivity index (χ4n) is 1.25. The highest BCUT2D eigenvalue weighted by Crippen LogP contribution is 2.27. The van der Waals surface area contributed by atoms with Gasteiger partial charge in [0, 0.05) is 6.26 Å². The van der Waals surface area contributed by atoms with Crippen LogP contribution >= 0.6 is 0 Å². The van der Waals surface area contributed by atoms with Crippen molar-refractivity contribution < 1.29 is 31.1 Å². The fraction of sp³-hybridized carbons (Fsp3) is 0.417. The van der Waals surface area contributed by atoms with Gasteiger partial charge >= 0.3 is 11.2 Å². The van der Waals surface area contributed by atoms with Crippen LogP contribution in [-0.4, -0.2) is 38.7 Å². The normalized spacial score (nSPS) is 13.8. The van der Waals surface area contributed by atoms with E-state index in [1.54, 1.807) is 19.1 Å². The molecule has 8 heteroatoms. The Labute approximate surface area is 114 Å². The van der Waals surface area contributed by atoms with E-state index >= 15 is 0 Å². The van der Waals surface area contributed by atoms with Crippen molar-refractivity contribution >= 4 is 15.8 Å². The molecule has 1 aromatic rings. The molecule has 4 nitrogen and oxygen atoms in total. The van der Waals surface area contributed by atoms with Gasteiger partial charge in [-0.1, -0.05) is 17.7 Å². The third-order valence-corrected chi connectivity index (χ3v) is 3.75. The maximum Gasteiger partial charge on any atom is 0.378 e. The molecular formula is C12H13F3O4S. The predicted octanol–water partition coefficient (Wildman–Crippen LogP) is 2.13. The third kappa shape index (κ3) is 3.72. The topological polar surface area (TPSA) is 60.4 Å². The molecule has 0 amide bonds. The first-order chi connectivity index (χ1) is 9.05. The van der Waals surface area contributed by atoms with Crippen molar-refractivity contribution in [3.63, 3.8) is 0 Å². The summed E-state index contributed by atoms with van der Waals surface area (Å²) in [6.07, 6.45) is -2.91. The molecule has 1 atom stereocenters. The molecule has 1 rings (SSSR count). The summed E-state index contributed by atoms with van der Waals surface area (Å²) in [5, 5.41) is -4.60. The highest BCUT2D eigenvalue weighted by atomic mass is 32.2. The number of sulfone groups is 1. The number of halogens is 3. The van der Waals surface area contributed by atoms with Gasteiger partial charge in [-0.2, -0.15) is 8.78 Å². The molecular weight excluding hydrogens is 297 g/mol. The lowest BCUT2D eigenvalue weighted by molar-refractivity contribution is -0.0304. The Morgan fingerprint density at radius 2 is 1.80 bits per heavy atom. The van der Waals surface area contributed by atoms with Gasteiger partial charge in [-0.15, -0.1) is 0 Å². The number of ether oxygens (including phenoxy) is 1. The van der Waals surface area contributed by atoms with Gasteiger partial charge in [0.1, 0.15) is 6.61 Å². The van der Waals surface area contributed by atoms with Crippen molar-refractivity contribution in [2.45, 2.75) is 18.3 Å². The number of esters is 1. The van der Waals surface area contributed by atoms with Crippen LogP contribution < -0.4 is 0 Å². The predicted molar refractivity (Wildman–Crippen MR) is 66.1 cm³/mol. The van der Waals surface area contributed by atoms with Gasteiger partial charge in [0.2, 0.25) is 16.0 Å². The van der Waals surface area contributed by atoms with Crippen LogP contribution in [0.2, 0.25) is 0 Å². The van der Waals surface area contributed by atoms with E-state index in [0.717, 1.165) is 5.56 Å². The quantitative estimate of drug-likeness (QED) is 0.782. The lowest BCUT2D eigenvalue weighted by atomic mass is 10.1. The van der Waals surface area contributed by atoms with Gasteiger partial charge in [0.15, 0.2) is 0 Å². The Morgan fingerprint density at radius 3 is 2.25 bits per heavy atom. The molecule has 1 aromatic carbocycles. The molecule has 0 heterocycles. The van der Waals surface area contributed by atoms with E-state index in [1.165, 1.54) is 12.1 Å². The van der Waals surface area contributed by atoms with Crippen molar-refractivity contribution in [1.82, 2.24) is 0 Å². The number of carbonyl (C=O) groups is 1. The zero-order chi connectivity index (χ0) is 15.6. The van der Waals surface area contributed by atoms with Crippen molar-refractivity contribution in [1.29, 1.82) is 0 Å². The maximum absolute atomic E-state index is 13.2. The summed E-state index contributed by atoms with van der Waals surface area (Å²) in [6.45, 7) is 0.437. The van der Waals surface area contributed by atoms with E-state index in [4.69, 9.17) is 0 Å². The highest BCUT2D eigenvalue weighted by Gasteiger charge is 2.50. The summed E-state index contributed by atoms with van der Waals surface area (Å²) < 4.78 is 65.1. The smallest absolute Gasteiger partial charge is 0.378 e. The molecule has 0 aliphatic rings. The number of aryl methyl sites for hydroxylation is 1. The van der Waals surface area contributed by atoms with E-state index < -0.39 is 33.8 Å². The van der Waals surface area contributed by atoms with Gasteiger partial charge in [0.05, 0.1) is 5.56 Å². The first-order valence-electron chi connectivity index (χ1n) is 5.51. The van der Waals surface area contributed by atoms with Crippen LogP contribution in [-0.2, 0) is 14.6 Å². The molecule has 0 aliphatic heterocycles. The summed E-state index contributed by atoms with van der Waals surface area (Å²) in [6, 6.07) is 5.96. The Kier molecular flexibility index (Phi) is 4.80. The first kappa shape index (κ1) is 16.5. The van der Waals surface area contributed by atoms with E-state index in [0.29, 0.717) is 0 Å². The van der Waals surface area contributed by atoms with E-state index in [2.05, 4.69) is 4.74 Å². The average Bonchev–Trinajstić information content (AvgIpc) is 2.34. The van der Waals surface area contributed by atoms with Crippen LogP contribution in [0.25, 0.3) is 0 Å². The monoisotopic (exact) mass is 310 g/mol. The molecule has 20 heavy (non-hydrogen) atoms. The maximum atomic E-state index is 13.2. The summed E-state index contributed by atoms with van der Waals surface area (Å²) in [4.78, 5) is 11.5. The van der Waals surface area contributed by atoms with Gasteiger partial charge in [-0.25, -0.2) is 17.6 Å². The number of rotatable bonds is 5. The molecule has 0 N–H and O–H groups in total. The molecule has 112 valence electrons. The van der Waals surface area contributed by atoms with Gasteiger partial charge in [-0.3, -0.25) is 0 Å². The SMILES string of the molecule is Cc1ccc(C(=O)OCC(F)C(F)(F)S(C)(=O)=O)cc1. The zero-order valence-electron chi connectivity index (χ0n) is 10.8. The molecule has 0 radical (unpaired) electrons. The summed E-state index contributed by atoms with van der Waals surface area (Å²) in [7, 11) is -4.92. The lowest BCUT2D eigenvalue weighted by Crippen LogP contribution is -2.41. The molecule has 0 saturated heterocycles. The molecule has 1 unspecified atom stereocenters. The van der Waals surface area contributed by atoms with Crippen LogP contribution in [0.5, 0.6) is 0 Å². The zero-order valence-corrected chi connectivity index (χ0v) is 11.6. The number of benzene rings is 1. The molecule has 0 bridgehead atoms. The minimum atomic E-state index is -4.92. The fourth-order valence-corrected chi connectivity index (χ4v) is 1.78. The molecule has 0 spiro atoms. The Balaban J connectivity index is 2.68. The van der Waals surface area contributed by atoms with Gasteiger partial charge in [-0.05, 0) is 19.1 Å². The average molecular weight is 310 g/mol. The minimum Gasteiger partial charge on any atom is -0.459 e. The van der Waals surface area contributed by atoms with Crippen LogP contribution in [0.4, 0.5) is 13.2 Å². The Hall–Kier alpha value is -1.57. The van der Waals surface area contributed by atoms with Crippen LogP contribution in [0.3, 0.4) is 0 Å². The molecule has 0 saturated carbocycles.